The second-order valence-corrected chi connectivity index (χ2v) is 6.47. The molecule has 0 aliphatic carbocycles. The van der Waals surface area contributed by atoms with Gasteiger partial charge < -0.3 is 4.40 Å². The third-order valence-electron chi connectivity index (χ3n) is 3.38. The SMILES string of the molecule is Cc1cccn2cc(CN3CCS(=O)CC3)nc12. The number of pyridine rings is 1. The zero-order valence-corrected chi connectivity index (χ0v) is 11.3. The van der Waals surface area contributed by atoms with Crippen molar-refractivity contribution < 1.29 is 4.21 Å². The van der Waals surface area contributed by atoms with Crippen molar-refractivity contribution in [2.45, 2.75) is 13.5 Å². The topological polar surface area (TPSA) is 37.6 Å². The molecule has 1 saturated heterocycles. The lowest BCUT2D eigenvalue weighted by molar-refractivity contribution is 0.288. The zero-order chi connectivity index (χ0) is 12.5. The van der Waals surface area contributed by atoms with Crippen LogP contribution in [0.3, 0.4) is 0 Å². The Labute approximate surface area is 109 Å². The van der Waals surface area contributed by atoms with Crippen LogP contribution in [-0.2, 0) is 17.3 Å². The lowest BCUT2D eigenvalue weighted by atomic mass is 10.3. The summed E-state index contributed by atoms with van der Waals surface area (Å²) in [6, 6.07) is 4.12. The van der Waals surface area contributed by atoms with Gasteiger partial charge in [0.15, 0.2) is 0 Å². The van der Waals surface area contributed by atoms with Crippen LogP contribution in [0.1, 0.15) is 11.3 Å². The van der Waals surface area contributed by atoms with Crippen LogP contribution in [0.25, 0.3) is 5.65 Å². The molecule has 0 bridgehead atoms. The second-order valence-electron chi connectivity index (χ2n) is 4.78. The zero-order valence-electron chi connectivity index (χ0n) is 10.5. The van der Waals surface area contributed by atoms with Crippen molar-refractivity contribution in [3.8, 4) is 0 Å². The first-order valence-electron chi connectivity index (χ1n) is 6.23. The summed E-state index contributed by atoms with van der Waals surface area (Å²) >= 11 is 0. The molecule has 1 aliphatic rings. The molecule has 0 amide bonds. The third-order valence-corrected chi connectivity index (χ3v) is 4.66. The molecule has 4 nitrogen and oxygen atoms in total. The van der Waals surface area contributed by atoms with E-state index in [-0.39, 0.29) is 0 Å². The standard InChI is InChI=1S/C13H17N3OS/c1-11-3-2-4-16-10-12(14-13(11)16)9-15-5-7-18(17)8-6-15/h2-4,10H,5-9H2,1H3. The Hall–Kier alpha value is -1.20. The monoisotopic (exact) mass is 263 g/mol. The van der Waals surface area contributed by atoms with Gasteiger partial charge in [-0.25, -0.2) is 4.98 Å². The van der Waals surface area contributed by atoms with E-state index in [4.69, 9.17) is 0 Å². The van der Waals surface area contributed by atoms with E-state index < -0.39 is 10.8 Å². The van der Waals surface area contributed by atoms with Gasteiger partial charge in [-0.3, -0.25) is 9.11 Å². The number of hydrogen-bond acceptors (Lipinski definition) is 3. The summed E-state index contributed by atoms with van der Waals surface area (Å²) in [5.74, 6) is 1.60. The summed E-state index contributed by atoms with van der Waals surface area (Å²) in [6.45, 7) is 4.77. The van der Waals surface area contributed by atoms with Crippen molar-refractivity contribution in [1.82, 2.24) is 14.3 Å². The Kier molecular flexibility index (Phi) is 3.18. The fourth-order valence-electron chi connectivity index (χ4n) is 2.34. The number of nitrogens with zero attached hydrogens (tertiary/aromatic N) is 3. The Morgan fingerprint density at radius 2 is 2.17 bits per heavy atom. The summed E-state index contributed by atoms with van der Waals surface area (Å²) < 4.78 is 13.4. The number of fused-ring (bicyclic) bond motifs is 1. The van der Waals surface area contributed by atoms with Gasteiger partial charge in [0, 0.05) is 54.3 Å². The van der Waals surface area contributed by atoms with Gasteiger partial charge >= 0.3 is 0 Å². The molecule has 0 radical (unpaired) electrons. The van der Waals surface area contributed by atoms with Crippen LogP contribution < -0.4 is 0 Å². The van der Waals surface area contributed by atoms with E-state index in [1.165, 1.54) is 5.56 Å². The van der Waals surface area contributed by atoms with Crippen LogP contribution in [-0.4, -0.2) is 43.1 Å². The van der Waals surface area contributed by atoms with Gasteiger partial charge in [-0.1, -0.05) is 6.07 Å². The molecule has 0 atom stereocenters. The lowest BCUT2D eigenvalue weighted by Gasteiger charge is -2.24. The largest absolute Gasteiger partial charge is 0.307 e. The van der Waals surface area contributed by atoms with Crippen LogP contribution in [0, 0.1) is 6.92 Å². The highest BCUT2D eigenvalue weighted by Crippen LogP contribution is 2.12. The molecule has 0 saturated carbocycles. The van der Waals surface area contributed by atoms with E-state index in [1.807, 2.05) is 12.3 Å². The number of hydrogen-bond donors (Lipinski definition) is 0. The Morgan fingerprint density at radius 1 is 1.39 bits per heavy atom. The second kappa shape index (κ2) is 4.82. The summed E-state index contributed by atoms with van der Waals surface area (Å²) in [7, 11) is -0.605. The van der Waals surface area contributed by atoms with E-state index in [9.17, 15) is 4.21 Å². The molecule has 0 N–H and O–H groups in total. The number of imidazole rings is 1. The minimum absolute atomic E-state index is 0.605. The fraction of sp³-hybridized carbons (Fsp3) is 0.462. The Balaban J connectivity index is 1.79. The Morgan fingerprint density at radius 3 is 2.89 bits per heavy atom. The molecule has 0 unspecified atom stereocenters. The molecule has 3 heterocycles. The highest BCUT2D eigenvalue weighted by molar-refractivity contribution is 7.85. The fourth-order valence-corrected chi connectivity index (χ4v) is 3.47. The van der Waals surface area contributed by atoms with Gasteiger partial charge in [0.1, 0.15) is 5.65 Å². The maximum atomic E-state index is 11.3. The van der Waals surface area contributed by atoms with Gasteiger partial charge in [-0.2, -0.15) is 0 Å². The Bertz CT molecular complexity index is 583. The molecule has 2 aromatic heterocycles. The van der Waals surface area contributed by atoms with E-state index >= 15 is 0 Å². The summed E-state index contributed by atoms with van der Waals surface area (Å²) in [6.07, 6.45) is 4.12. The first-order valence-corrected chi connectivity index (χ1v) is 7.72. The van der Waals surface area contributed by atoms with Gasteiger partial charge in [0.2, 0.25) is 0 Å². The molecule has 0 aromatic carbocycles. The molecule has 5 heteroatoms. The molecule has 0 spiro atoms. The van der Waals surface area contributed by atoms with Crippen molar-refractivity contribution >= 4 is 16.4 Å². The normalized spacial score (nSPS) is 18.5. The average molecular weight is 263 g/mol. The van der Waals surface area contributed by atoms with Crippen LogP contribution in [0.2, 0.25) is 0 Å². The maximum absolute atomic E-state index is 11.3. The van der Waals surface area contributed by atoms with E-state index in [1.54, 1.807) is 0 Å². The highest BCUT2D eigenvalue weighted by atomic mass is 32.2. The molecule has 1 fully saturated rings. The van der Waals surface area contributed by atoms with E-state index in [0.29, 0.717) is 0 Å². The van der Waals surface area contributed by atoms with Crippen molar-refractivity contribution in [2.75, 3.05) is 24.6 Å². The van der Waals surface area contributed by atoms with Crippen LogP contribution >= 0.6 is 0 Å². The van der Waals surface area contributed by atoms with E-state index in [2.05, 4.69) is 33.5 Å². The van der Waals surface area contributed by atoms with Crippen molar-refractivity contribution in [3.63, 3.8) is 0 Å². The van der Waals surface area contributed by atoms with E-state index in [0.717, 1.165) is 42.5 Å². The van der Waals surface area contributed by atoms with Crippen LogP contribution in [0.5, 0.6) is 0 Å². The quantitative estimate of drug-likeness (QED) is 0.817. The minimum atomic E-state index is -0.605. The predicted octanol–water partition coefficient (Wildman–Crippen LogP) is 1.21. The van der Waals surface area contributed by atoms with Gasteiger partial charge in [-0.05, 0) is 18.6 Å². The molecular weight excluding hydrogens is 246 g/mol. The molecule has 18 heavy (non-hydrogen) atoms. The van der Waals surface area contributed by atoms with Crippen molar-refractivity contribution in [3.05, 3.63) is 35.8 Å². The van der Waals surface area contributed by atoms with Gasteiger partial charge in [0.25, 0.3) is 0 Å². The lowest BCUT2D eigenvalue weighted by Crippen LogP contribution is -2.37. The molecular formula is C13H17N3OS. The third kappa shape index (κ3) is 2.33. The van der Waals surface area contributed by atoms with Crippen LogP contribution in [0.15, 0.2) is 24.5 Å². The predicted molar refractivity (Wildman–Crippen MR) is 73.1 cm³/mol. The molecule has 1 aliphatic heterocycles. The average Bonchev–Trinajstić information content (AvgIpc) is 2.76. The number of aromatic nitrogens is 2. The smallest absolute Gasteiger partial charge is 0.139 e. The molecule has 96 valence electrons. The van der Waals surface area contributed by atoms with Gasteiger partial charge in [-0.15, -0.1) is 0 Å². The molecule has 3 rings (SSSR count). The summed E-state index contributed by atoms with van der Waals surface area (Å²) in [5, 5.41) is 0. The maximum Gasteiger partial charge on any atom is 0.139 e. The minimum Gasteiger partial charge on any atom is -0.307 e. The summed E-state index contributed by atoms with van der Waals surface area (Å²) in [5.41, 5.74) is 3.33. The first kappa shape index (κ1) is 11.9. The van der Waals surface area contributed by atoms with Crippen molar-refractivity contribution in [2.24, 2.45) is 0 Å². The number of rotatable bonds is 2. The first-order chi connectivity index (χ1) is 8.72. The van der Waals surface area contributed by atoms with Gasteiger partial charge in [0.05, 0.1) is 5.69 Å². The van der Waals surface area contributed by atoms with Crippen LogP contribution in [0.4, 0.5) is 0 Å². The summed E-state index contributed by atoms with van der Waals surface area (Å²) in [4.78, 5) is 7.00. The van der Waals surface area contributed by atoms with Crippen molar-refractivity contribution in [1.29, 1.82) is 0 Å². The molecule has 2 aromatic rings. The number of aryl methyl sites for hydroxylation is 1. The highest BCUT2D eigenvalue weighted by Gasteiger charge is 2.16.